The highest BCUT2D eigenvalue weighted by Gasteiger charge is 2.40. The van der Waals surface area contributed by atoms with Gasteiger partial charge in [0.1, 0.15) is 11.1 Å². The molecule has 0 heterocycles. The molecule has 5 N–H and O–H groups in total. The van der Waals surface area contributed by atoms with Crippen molar-refractivity contribution in [2.24, 2.45) is 17.6 Å². The number of amides is 3. The quantitative estimate of drug-likeness (QED) is 0.0307. The molecule has 4 atom stereocenters. The van der Waals surface area contributed by atoms with Gasteiger partial charge in [-0.1, -0.05) is 196 Å². The Morgan fingerprint density at radius 3 is 0.960 bits per heavy atom. The summed E-state index contributed by atoms with van der Waals surface area (Å²) in [6.45, 7) is 5.74. The van der Waals surface area contributed by atoms with E-state index < -0.39 is 64.5 Å². The van der Waals surface area contributed by atoms with Crippen molar-refractivity contribution in [2.75, 3.05) is 14.2 Å². The zero-order valence-corrected chi connectivity index (χ0v) is 43.8. The third-order valence-corrected chi connectivity index (χ3v) is 12.1. The number of hydrogen-bond acceptors (Lipinski definition) is 11. The molecule has 15 heteroatoms. The van der Waals surface area contributed by atoms with Gasteiger partial charge in [0.15, 0.2) is 11.6 Å². The van der Waals surface area contributed by atoms with E-state index in [1.807, 2.05) is 182 Å². The van der Waals surface area contributed by atoms with Crippen molar-refractivity contribution >= 4 is 58.1 Å². The van der Waals surface area contributed by atoms with Crippen LogP contribution in [0.4, 0.5) is 0 Å². The van der Waals surface area contributed by atoms with E-state index in [1.54, 1.807) is 13.8 Å². The van der Waals surface area contributed by atoms with E-state index in [2.05, 4.69) is 32.3 Å². The second-order valence-corrected chi connectivity index (χ2v) is 18.3. The highest BCUT2D eigenvalue weighted by molar-refractivity contribution is 6.62. The van der Waals surface area contributed by atoms with Crippen LogP contribution in [0.15, 0.2) is 182 Å². The number of rotatable bonds is 21. The standard InChI is InChI=1S/C30H32N2O5.C28H30N2O4.C2H3ClO/c1-21(29(36)37-3)19-27(34)26(31-22(2)33)20-28(35)32-30(23-13-7-4-8-14-23,24-15-9-5-10-16-24)25-17-11-6-12-18-25;1-20(27(33)34-2)18-25(31)24(29)19-26(32)30-28(21-12-6-3-7-13-21,22-14-8-4-9-15-22)23-16-10-5-11-17-23;1-2(3)4/h4-18,21,26H,19-20H2,1-3H3,(H,31,33)(H,32,35);3-17,20,24H,18-19,29H2,1-2H3,(H,30,32);1H3/t21-,26-;20-,24-;/m11./s1. The molecule has 0 aliphatic carbocycles. The van der Waals surface area contributed by atoms with E-state index in [0.29, 0.717) is 0 Å². The molecule has 75 heavy (non-hydrogen) atoms. The number of hydrogen-bond donors (Lipinski definition) is 4. The molecule has 0 saturated heterocycles. The lowest BCUT2D eigenvalue weighted by molar-refractivity contribution is -0.147. The Bertz CT molecular complexity index is 2610. The molecule has 6 aromatic carbocycles. The predicted molar refractivity (Wildman–Crippen MR) is 288 cm³/mol. The second-order valence-electron chi connectivity index (χ2n) is 17.7. The van der Waals surface area contributed by atoms with Gasteiger partial charge in [-0.3, -0.25) is 38.4 Å². The third kappa shape index (κ3) is 17.0. The Labute approximate surface area is 443 Å². The predicted octanol–water partition coefficient (Wildman–Crippen LogP) is 8.11. The van der Waals surface area contributed by atoms with Gasteiger partial charge in [0.25, 0.3) is 0 Å². The molecule has 0 aromatic heterocycles. The first-order valence-electron chi connectivity index (χ1n) is 24.2. The van der Waals surface area contributed by atoms with Gasteiger partial charge < -0.3 is 31.2 Å². The molecule has 0 unspecified atom stereocenters. The van der Waals surface area contributed by atoms with Crippen LogP contribution in [0.2, 0.25) is 0 Å². The SMILES string of the molecule is CC(=O)Cl.COC(=O)[C@H](C)CC(=O)[C@@H](CC(=O)NC(c1ccccc1)(c1ccccc1)c1ccccc1)NC(C)=O.COC(=O)[C@H](C)CC(=O)[C@H](N)CC(=O)NC(c1ccccc1)(c1ccccc1)c1ccccc1. The van der Waals surface area contributed by atoms with E-state index >= 15 is 0 Å². The molecule has 0 aliphatic heterocycles. The maximum atomic E-state index is 13.6. The average molecular weight is 1040 g/mol. The lowest BCUT2D eigenvalue weighted by Gasteiger charge is -2.37. The van der Waals surface area contributed by atoms with Crippen LogP contribution in [0.5, 0.6) is 0 Å². The van der Waals surface area contributed by atoms with Gasteiger partial charge in [0.2, 0.25) is 23.0 Å². The van der Waals surface area contributed by atoms with Gasteiger partial charge in [0.05, 0.1) is 44.6 Å². The summed E-state index contributed by atoms with van der Waals surface area (Å²) < 4.78 is 9.39. The monoisotopic (exact) mass is 1040 g/mol. The van der Waals surface area contributed by atoms with Crippen molar-refractivity contribution in [1.29, 1.82) is 0 Å². The number of ether oxygens (including phenoxy) is 2. The van der Waals surface area contributed by atoms with Gasteiger partial charge in [-0.15, -0.1) is 0 Å². The summed E-state index contributed by atoms with van der Waals surface area (Å²) in [7, 11) is 2.52. The number of nitrogens with one attached hydrogen (secondary N) is 3. The Hall–Kier alpha value is -8.07. The molecule has 0 bridgehead atoms. The minimum atomic E-state index is -1.09. The van der Waals surface area contributed by atoms with Crippen LogP contribution < -0.4 is 21.7 Å². The molecular weight excluding hydrogens is 972 g/mol. The summed E-state index contributed by atoms with van der Waals surface area (Å²) in [5.74, 6) is -4.38. The first-order chi connectivity index (χ1) is 35.9. The molecule has 14 nitrogen and oxygen atoms in total. The maximum Gasteiger partial charge on any atom is 0.308 e. The van der Waals surface area contributed by atoms with Gasteiger partial charge >= 0.3 is 11.9 Å². The fourth-order valence-corrected chi connectivity index (χ4v) is 8.54. The molecule has 3 amide bonds. The summed E-state index contributed by atoms with van der Waals surface area (Å²) in [6, 6.07) is 55.7. The van der Waals surface area contributed by atoms with Crippen molar-refractivity contribution in [1.82, 2.24) is 16.0 Å². The summed E-state index contributed by atoms with van der Waals surface area (Å²) >= 11 is 4.64. The van der Waals surface area contributed by atoms with Crippen LogP contribution >= 0.6 is 11.6 Å². The molecule has 392 valence electrons. The lowest BCUT2D eigenvalue weighted by Crippen LogP contribution is -2.51. The van der Waals surface area contributed by atoms with E-state index in [-0.39, 0.29) is 42.6 Å². The Kier molecular flexibility index (Phi) is 23.5. The van der Waals surface area contributed by atoms with Gasteiger partial charge in [-0.2, -0.15) is 0 Å². The van der Waals surface area contributed by atoms with Gasteiger partial charge in [-0.25, -0.2) is 0 Å². The molecular formula is C60H65ClN4O10. The fourth-order valence-electron chi connectivity index (χ4n) is 8.54. The van der Waals surface area contributed by atoms with Crippen molar-refractivity contribution < 1.29 is 47.8 Å². The number of benzene rings is 6. The minimum absolute atomic E-state index is 0.0810. The number of carbonyl (C=O) groups is 8. The van der Waals surface area contributed by atoms with Crippen molar-refractivity contribution in [3.63, 3.8) is 0 Å². The number of methoxy groups -OCH3 is 2. The smallest absolute Gasteiger partial charge is 0.308 e. The van der Waals surface area contributed by atoms with Crippen LogP contribution in [0, 0.1) is 11.8 Å². The molecule has 0 aliphatic rings. The lowest BCUT2D eigenvalue weighted by atomic mass is 9.76. The van der Waals surface area contributed by atoms with Crippen molar-refractivity contribution in [3.8, 4) is 0 Å². The summed E-state index contributed by atoms with van der Waals surface area (Å²) in [5.41, 5.74) is 9.18. The highest BCUT2D eigenvalue weighted by atomic mass is 35.5. The third-order valence-electron chi connectivity index (χ3n) is 12.1. The largest absolute Gasteiger partial charge is 0.469 e. The first-order valence-corrected chi connectivity index (χ1v) is 24.6. The fraction of sp³-hybridized carbons (Fsp3) is 0.267. The van der Waals surface area contributed by atoms with Crippen LogP contribution in [0.3, 0.4) is 0 Å². The Balaban J connectivity index is 0.000000304. The van der Waals surface area contributed by atoms with Crippen molar-refractivity contribution in [2.45, 2.75) is 76.5 Å². The number of esters is 2. The van der Waals surface area contributed by atoms with Gasteiger partial charge in [-0.05, 0) is 45.0 Å². The molecule has 6 rings (SSSR count). The first kappa shape index (κ1) is 59.5. The molecule has 0 spiro atoms. The minimum Gasteiger partial charge on any atom is -0.469 e. The normalized spacial score (nSPS) is 12.4. The molecule has 0 radical (unpaired) electrons. The van der Waals surface area contributed by atoms with Crippen LogP contribution in [0.1, 0.15) is 86.8 Å². The number of carbonyl (C=O) groups excluding carboxylic acids is 8. The Morgan fingerprint density at radius 2 is 0.707 bits per heavy atom. The summed E-state index contributed by atoms with van der Waals surface area (Å²) in [5, 5.41) is 8.60. The molecule has 0 saturated carbocycles. The van der Waals surface area contributed by atoms with Crippen LogP contribution in [-0.4, -0.2) is 72.8 Å². The second kappa shape index (κ2) is 29.6. The van der Waals surface area contributed by atoms with E-state index in [4.69, 9.17) is 10.5 Å². The van der Waals surface area contributed by atoms with E-state index in [1.165, 1.54) is 28.1 Å². The van der Waals surface area contributed by atoms with Gasteiger partial charge in [0, 0.05) is 33.1 Å². The molecule has 6 aromatic rings. The highest BCUT2D eigenvalue weighted by Crippen LogP contribution is 2.38. The molecule has 0 fully saturated rings. The average Bonchev–Trinajstić information content (AvgIpc) is 3.42. The number of Topliss-reactive ketones (excluding diaryl/α,β-unsaturated/α-hetero) is 2. The van der Waals surface area contributed by atoms with Crippen LogP contribution in [-0.2, 0) is 58.9 Å². The number of ketones is 2. The zero-order chi connectivity index (χ0) is 55.0. The van der Waals surface area contributed by atoms with Crippen molar-refractivity contribution in [3.05, 3.63) is 215 Å². The zero-order valence-electron chi connectivity index (χ0n) is 43.0. The summed E-state index contributed by atoms with van der Waals surface area (Å²) in [4.78, 5) is 97.1. The number of nitrogens with two attached hydrogens (primary N) is 1. The summed E-state index contributed by atoms with van der Waals surface area (Å²) in [6.07, 6.45) is -0.740. The van der Waals surface area contributed by atoms with E-state index in [0.717, 1.165) is 33.4 Å². The maximum absolute atomic E-state index is 13.6. The van der Waals surface area contributed by atoms with Crippen LogP contribution in [0.25, 0.3) is 0 Å². The van der Waals surface area contributed by atoms with E-state index in [9.17, 15) is 38.4 Å². The Morgan fingerprint density at radius 1 is 0.453 bits per heavy atom. The number of halogens is 1. The topological polar surface area (TPSA) is 217 Å².